The maximum absolute atomic E-state index is 11.6. The van der Waals surface area contributed by atoms with Gasteiger partial charge in [0, 0.05) is 31.1 Å². The van der Waals surface area contributed by atoms with E-state index in [1.54, 1.807) is 0 Å². The van der Waals surface area contributed by atoms with Gasteiger partial charge in [0.25, 0.3) is 0 Å². The number of carbonyl (C=O) groups is 1. The third-order valence-corrected chi connectivity index (χ3v) is 4.78. The number of hydrogen-bond acceptors (Lipinski definition) is 2. The van der Waals surface area contributed by atoms with Crippen LogP contribution in [0.25, 0.3) is 0 Å². The van der Waals surface area contributed by atoms with Crippen LogP contribution in [-0.4, -0.2) is 28.9 Å². The molecule has 0 radical (unpaired) electrons. The molecule has 0 aromatic heterocycles. The molecule has 0 spiro atoms. The largest absolute Gasteiger partial charge is 0.353 e. The predicted octanol–water partition coefficient (Wildman–Crippen LogP) is 2.71. The van der Waals surface area contributed by atoms with Gasteiger partial charge in [0.15, 0.2) is 0 Å². The normalized spacial score (nSPS) is 29.4. The van der Waals surface area contributed by atoms with Gasteiger partial charge >= 0.3 is 0 Å². The van der Waals surface area contributed by atoms with Crippen LogP contribution in [0.15, 0.2) is 30.3 Å². The number of nitrogens with one attached hydrogen (secondary N) is 1. The van der Waals surface area contributed by atoms with Crippen LogP contribution in [0, 0.1) is 0 Å². The Morgan fingerprint density at radius 1 is 1.20 bits per heavy atom. The molecule has 2 saturated heterocycles. The summed E-state index contributed by atoms with van der Waals surface area (Å²) in [4.78, 5) is 14.2. The molecule has 2 aliphatic heterocycles. The first kappa shape index (κ1) is 13.6. The van der Waals surface area contributed by atoms with E-state index in [-0.39, 0.29) is 5.91 Å². The van der Waals surface area contributed by atoms with Crippen LogP contribution in [0.1, 0.15) is 44.6 Å². The van der Waals surface area contributed by atoms with E-state index in [0.717, 1.165) is 19.4 Å². The Kier molecular flexibility index (Phi) is 4.06. The highest BCUT2D eigenvalue weighted by Gasteiger charge is 2.40. The molecule has 2 aliphatic rings. The van der Waals surface area contributed by atoms with Crippen molar-refractivity contribution < 1.29 is 4.79 Å². The van der Waals surface area contributed by atoms with Gasteiger partial charge in [-0.1, -0.05) is 37.3 Å². The van der Waals surface area contributed by atoms with Gasteiger partial charge in [-0.05, 0) is 31.2 Å². The Balaban J connectivity index is 1.62. The van der Waals surface area contributed by atoms with Crippen LogP contribution in [0.2, 0.25) is 0 Å². The highest BCUT2D eigenvalue weighted by Crippen LogP contribution is 2.36. The molecular formula is C17H24N2O. The first-order valence-corrected chi connectivity index (χ1v) is 7.85. The Labute approximate surface area is 121 Å². The van der Waals surface area contributed by atoms with Crippen molar-refractivity contribution in [3.63, 3.8) is 0 Å². The molecule has 3 nitrogen and oxygen atoms in total. The Bertz CT molecular complexity index is 445. The minimum Gasteiger partial charge on any atom is -0.353 e. The number of nitrogens with zero attached hydrogens (tertiary/aromatic N) is 1. The van der Waals surface area contributed by atoms with Crippen molar-refractivity contribution in [3.8, 4) is 0 Å². The maximum atomic E-state index is 11.6. The molecule has 0 saturated carbocycles. The van der Waals surface area contributed by atoms with Crippen molar-refractivity contribution in [2.75, 3.05) is 0 Å². The summed E-state index contributed by atoms with van der Waals surface area (Å²) in [5.41, 5.74) is 1.40. The highest BCUT2D eigenvalue weighted by molar-refractivity contribution is 5.75. The van der Waals surface area contributed by atoms with E-state index in [0.29, 0.717) is 24.5 Å². The van der Waals surface area contributed by atoms with Crippen LogP contribution in [-0.2, 0) is 11.3 Å². The molecule has 108 valence electrons. The van der Waals surface area contributed by atoms with Gasteiger partial charge < -0.3 is 5.32 Å². The summed E-state index contributed by atoms with van der Waals surface area (Å²) in [5.74, 6) is 0.200. The Morgan fingerprint density at radius 2 is 1.85 bits per heavy atom. The SMILES string of the molecule is CCC(=O)NC1CC2CCC(C1)N2Cc1ccccc1. The standard InChI is InChI=1S/C17H24N2O/c1-2-17(20)18-14-10-15-8-9-16(11-14)19(15)12-13-6-4-3-5-7-13/h3-7,14-16H,2,8-12H2,1H3,(H,18,20). The lowest BCUT2D eigenvalue weighted by Crippen LogP contribution is -2.49. The van der Waals surface area contributed by atoms with Crippen LogP contribution >= 0.6 is 0 Å². The first-order valence-electron chi connectivity index (χ1n) is 7.85. The number of hydrogen-bond donors (Lipinski definition) is 1. The fourth-order valence-corrected chi connectivity index (χ4v) is 3.77. The molecule has 1 N–H and O–H groups in total. The van der Waals surface area contributed by atoms with Gasteiger partial charge in [-0.3, -0.25) is 9.69 Å². The zero-order valence-corrected chi connectivity index (χ0v) is 12.2. The minimum atomic E-state index is 0.200. The molecule has 20 heavy (non-hydrogen) atoms. The molecule has 3 heteroatoms. The smallest absolute Gasteiger partial charge is 0.219 e. The third-order valence-electron chi connectivity index (χ3n) is 4.78. The fraction of sp³-hybridized carbons (Fsp3) is 0.588. The van der Waals surface area contributed by atoms with E-state index in [1.807, 2.05) is 6.92 Å². The summed E-state index contributed by atoms with van der Waals surface area (Å²) in [5, 5.41) is 3.19. The van der Waals surface area contributed by atoms with E-state index < -0.39 is 0 Å². The molecule has 2 fully saturated rings. The highest BCUT2D eigenvalue weighted by atomic mass is 16.1. The molecule has 0 aliphatic carbocycles. The average molecular weight is 272 g/mol. The van der Waals surface area contributed by atoms with E-state index >= 15 is 0 Å². The Morgan fingerprint density at radius 3 is 2.45 bits per heavy atom. The average Bonchev–Trinajstić information content (AvgIpc) is 2.71. The lowest BCUT2D eigenvalue weighted by molar-refractivity contribution is -0.122. The molecular weight excluding hydrogens is 248 g/mol. The van der Waals surface area contributed by atoms with Crippen molar-refractivity contribution in [2.45, 2.75) is 63.7 Å². The second-order valence-corrected chi connectivity index (χ2v) is 6.13. The van der Waals surface area contributed by atoms with Gasteiger partial charge in [0.1, 0.15) is 0 Å². The number of piperidine rings is 1. The summed E-state index contributed by atoms with van der Waals surface area (Å²) in [7, 11) is 0. The van der Waals surface area contributed by atoms with Crippen molar-refractivity contribution >= 4 is 5.91 Å². The summed E-state index contributed by atoms with van der Waals surface area (Å²) in [6, 6.07) is 12.4. The Hall–Kier alpha value is -1.35. The third kappa shape index (κ3) is 2.88. The zero-order chi connectivity index (χ0) is 13.9. The van der Waals surface area contributed by atoms with Crippen LogP contribution in [0.3, 0.4) is 0 Å². The molecule has 2 bridgehead atoms. The van der Waals surface area contributed by atoms with Gasteiger partial charge in [0.05, 0.1) is 0 Å². The molecule has 1 amide bonds. The maximum Gasteiger partial charge on any atom is 0.219 e. The summed E-state index contributed by atoms with van der Waals surface area (Å²) < 4.78 is 0. The fourth-order valence-electron chi connectivity index (χ4n) is 3.77. The van der Waals surface area contributed by atoms with Crippen LogP contribution in [0.5, 0.6) is 0 Å². The minimum absolute atomic E-state index is 0.200. The zero-order valence-electron chi connectivity index (χ0n) is 12.2. The second-order valence-electron chi connectivity index (χ2n) is 6.13. The van der Waals surface area contributed by atoms with Crippen molar-refractivity contribution in [1.29, 1.82) is 0 Å². The number of benzene rings is 1. The van der Waals surface area contributed by atoms with Gasteiger partial charge in [0.2, 0.25) is 5.91 Å². The predicted molar refractivity (Wildman–Crippen MR) is 80.3 cm³/mol. The van der Waals surface area contributed by atoms with Crippen molar-refractivity contribution in [1.82, 2.24) is 10.2 Å². The molecule has 3 rings (SSSR count). The van der Waals surface area contributed by atoms with E-state index in [2.05, 4.69) is 40.5 Å². The molecule has 2 unspecified atom stereocenters. The van der Waals surface area contributed by atoms with Crippen LogP contribution < -0.4 is 5.32 Å². The monoisotopic (exact) mass is 272 g/mol. The topological polar surface area (TPSA) is 32.3 Å². The number of carbonyl (C=O) groups excluding carboxylic acids is 1. The van der Waals surface area contributed by atoms with Crippen molar-refractivity contribution in [3.05, 3.63) is 35.9 Å². The molecule has 1 aromatic carbocycles. The van der Waals surface area contributed by atoms with E-state index in [4.69, 9.17) is 0 Å². The quantitative estimate of drug-likeness (QED) is 0.914. The number of rotatable bonds is 4. The number of fused-ring (bicyclic) bond motifs is 2. The summed E-state index contributed by atoms with van der Waals surface area (Å²) >= 11 is 0. The van der Waals surface area contributed by atoms with Gasteiger partial charge in [-0.25, -0.2) is 0 Å². The lowest BCUT2D eigenvalue weighted by Gasteiger charge is -2.39. The second kappa shape index (κ2) is 5.96. The first-order chi connectivity index (χ1) is 9.76. The van der Waals surface area contributed by atoms with Gasteiger partial charge in [-0.2, -0.15) is 0 Å². The molecule has 2 atom stereocenters. The van der Waals surface area contributed by atoms with Crippen molar-refractivity contribution in [2.24, 2.45) is 0 Å². The summed E-state index contributed by atoms with van der Waals surface area (Å²) in [6.07, 6.45) is 5.41. The number of amides is 1. The van der Waals surface area contributed by atoms with E-state index in [1.165, 1.54) is 18.4 Å². The van der Waals surface area contributed by atoms with E-state index in [9.17, 15) is 4.79 Å². The summed E-state index contributed by atoms with van der Waals surface area (Å²) in [6.45, 7) is 2.99. The van der Waals surface area contributed by atoms with Gasteiger partial charge in [-0.15, -0.1) is 0 Å². The van der Waals surface area contributed by atoms with Crippen LogP contribution in [0.4, 0.5) is 0 Å². The molecule has 2 heterocycles. The molecule has 1 aromatic rings. The lowest BCUT2D eigenvalue weighted by atomic mass is 9.96.